The lowest BCUT2D eigenvalue weighted by Gasteiger charge is -2.13. The van der Waals surface area contributed by atoms with Crippen LogP contribution in [0.1, 0.15) is 28.5 Å². The minimum atomic E-state index is -2.91. The number of alkyl halides is 2. The number of para-hydroxylation sites is 1. The van der Waals surface area contributed by atoms with E-state index in [1.54, 1.807) is 25.3 Å². The van der Waals surface area contributed by atoms with Crippen LogP contribution in [0, 0.1) is 13.8 Å². The normalized spacial score (nSPS) is 11.2. The Morgan fingerprint density at radius 1 is 1.16 bits per heavy atom. The Balaban J connectivity index is 1.73. The van der Waals surface area contributed by atoms with E-state index in [0.717, 1.165) is 17.8 Å². The van der Waals surface area contributed by atoms with Crippen molar-refractivity contribution in [2.24, 2.45) is 0 Å². The van der Waals surface area contributed by atoms with Gasteiger partial charge in [0, 0.05) is 28.9 Å². The first-order chi connectivity index (χ1) is 15.4. The molecule has 2 aromatic carbocycles. The van der Waals surface area contributed by atoms with Crippen molar-refractivity contribution < 1.29 is 18.3 Å². The van der Waals surface area contributed by atoms with Crippen molar-refractivity contribution in [1.29, 1.82) is 0 Å². The van der Waals surface area contributed by atoms with Gasteiger partial charge in [0.1, 0.15) is 5.75 Å². The molecule has 0 spiro atoms. The number of nitrogens with one attached hydrogen (secondary N) is 1. The number of benzene rings is 2. The molecule has 0 bridgehead atoms. The topological polar surface area (TPSA) is 69.0 Å². The van der Waals surface area contributed by atoms with Gasteiger partial charge in [-0.1, -0.05) is 18.2 Å². The van der Waals surface area contributed by atoms with E-state index in [2.05, 4.69) is 15.2 Å². The Kier molecular flexibility index (Phi) is 5.85. The highest BCUT2D eigenvalue weighted by molar-refractivity contribution is 6.13. The van der Waals surface area contributed by atoms with Crippen LogP contribution in [-0.4, -0.2) is 27.3 Å². The first kappa shape index (κ1) is 21.4. The summed E-state index contributed by atoms with van der Waals surface area (Å²) in [6.07, 6.45) is 1.75. The van der Waals surface area contributed by atoms with Crippen LogP contribution in [0.3, 0.4) is 0 Å². The van der Waals surface area contributed by atoms with E-state index in [0.29, 0.717) is 33.4 Å². The van der Waals surface area contributed by atoms with Crippen molar-refractivity contribution in [3.05, 3.63) is 71.5 Å². The Morgan fingerprint density at radius 3 is 2.62 bits per heavy atom. The molecule has 1 N–H and O–H groups in total. The van der Waals surface area contributed by atoms with Crippen LogP contribution in [0.15, 0.2) is 54.7 Å². The molecule has 0 fully saturated rings. The standard InChI is InChI=1S/C24H22F2N4O2/c1-4-30-15(3)19(13-27-30)22-12-18(17-7-5-6-8-21(17)28-22)23(31)29-20-10-9-16(11-14(20)2)32-24(25)26/h5-13,24H,4H2,1-3H3,(H,29,31). The van der Waals surface area contributed by atoms with Crippen molar-refractivity contribution in [3.63, 3.8) is 0 Å². The van der Waals surface area contributed by atoms with Gasteiger partial charge in [-0.15, -0.1) is 0 Å². The van der Waals surface area contributed by atoms with Crippen LogP contribution < -0.4 is 10.1 Å². The highest BCUT2D eigenvalue weighted by Gasteiger charge is 2.17. The highest BCUT2D eigenvalue weighted by atomic mass is 19.3. The van der Waals surface area contributed by atoms with Gasteiger partial charge in [0.2, 0.25) is 0 Å². The van der Waals surface area contributed by atoms with E-state index in [-0.39, 0.29) is 11.7 Å². The van der Waals surface area contributed by atoms with Gasteiger partial charge in [0.05, 0.1) is 23.0 Å². The fourth-order valence-corrected chi connectivity index (χ4v) is 3.66. The van der Waals surface area contributed by atoms with Gasteiger partial charge in [-0.25, -0.2) is 4.98 Å². The molecule has 0 aliphatic rings. The molecular formula is C24H22F2N4O2. The van der Waals surface area contributed by atoms with Gasteiger partial charge in [-0.3, -0.25) is 9.48 Å². The lowest BCUT2D eigenvalue weighted by molar-refractivity contribution is -0.0498. The molecule has 2 heterocycles. The van der Waals surface area contributed by atoms with E-state index in [1.165, 1.54) is 12.1 Å². The highest BCUT2D eigenvalue weighted by Crippen LogP contribution is 2.29. The monoisotopic (exact) mass is 436 g/mol. The fraction of sp³-hybridized carbons (Fsp3) is 0.208. The quantitative estimate of drug-likeness (QED) is 0.428. The fourth-order valence-electron chi connectivity index (χ4n) is 3.66. The molecule has 4 rings (SSSR count). The zero-order chi connectivity index (χ0) is 22.8. The first-order valence-electron chi connectivity index (χ1n) is 10.2. The molecule has 0 aliphatic heterocycles. The molecule has 0 radical (unpaired) electrons. The zero-order valence-corrected chi connectivity index (χ0v) is 17.9. The number of carbonyl (C=O) groups excluding carboxylic acids is 1. The summed E-state index contributed by atoms with van der Waals surface area (Å²) in [5.74, 6) is -0.286. The first-order valence-corrected chi connectivity index (χ1v) is 10.2. The maximum atomic E-state index is 13.3. The zero-order valence-electron chi connectivity index (χ0n) is 17.9. The molecule has 1 amide bonds. The number of carbonyl (C=O) groups is 1. The summed E-state index contributed by atoms with van der Waals surface area (Å²) in [6, 6.07) is 13.6. The smallest absolute Gasteiger partial charge is 0.387 e. The van der Waals surface area contributed by atoms with Crippen molar-refractivity contribution in [2.75, 3.05) is 5.32 Å². The van der Waals surface area contributed by atoms with Crippen LogP contribution in [0.2, 0.25) is 0 Å². The van der Waals surface area contributed by atoms with Crippen LogP contribution in [0.4, 0.5) is 14.5 Å². The summed E-state index contributed by atoms with van der Waals surface area (Å²) in [7, 11) is 0. The van der Waals surface area contributed by atoms with Crippen molar-refractivity contribution in [1.82, 2.24) is 14.8 Å². The van der Waals surface area contributed by atoms with Crippen LogP contribution in [0.25, 0.3) is 22.2 Å². The number of ether oxygens (including phenoxy) is 1. The van der Waals surface area contributed by atoms with Gasteiger partial charge in [0.25, 0.3) is 5.91 Å². The van der Waals surface area contributed by atoms with Crippen molar-refractivity contribution in [3.8, 4) is 17.0 Å². The molecule has 6 nitrogen and oxygen atoms in total. The second-order valence-electron chi connectivity index (χ2n) is 7.34. The Labute approximate surface area is 183 Å². The third-order valence-electron chi connectivity index (χ3n) is 5.31. The van der Waals surface area contributed by atoms with Crippen LogP contribution in [-0.2, 0) is 6.54 Å². The SMILES string of the molecule is CCn1ncc(-c2cc(C(=O)Nc3ccc(OC(F)F)cc3C)c3ccccc3n2)c1C. The number of pyridine rings is 1. The summed E-state index contributed by atoms with van der Waals surface area (Å²) in [5.41, 5.74) is 4.74. The Bertz CT molecular complexity index is 1300. The number of anilines is 1. The number of aromatic nitrogens is 3. The molecule has 4 aromatic rings. The molecule has 2 aromatic heterocycles. The molecule has 0 atom stereocenters. The number of hydrogen-bond donors (Lipinski definition) is 1. The largest absolute Gasteiger partial charge is 0.435 e. The summed E-state index contributed by atoms with van der Waals surface area (Å²) in [6.45, 7) is 3.52. The van der Waals surface area contributed by atoms with Crippen LogP contribution >= 0.6 is 0 Å². The predicted molar refractivity (Wildman–Crippen MR) is 119 cm³/mol. The second kappa shape index (κ2) is 8.74. The molecule has 164 valence electrons. The van der Waals surface area contributed by atoms with E-state index in [1.807, 2.05) is 42.8 Å². The van der Waals surface area contributed by atoms with Crippen molar-refractivity contribution >= 4 is 22.5 Å². The molecule has 32 heavy (non-hydrogen) atoms. The Hall–Kier alpha value is -3.81. The van der Waals surface area contributed by atoms with E-state index in [9.17, 15) is 13.6 Å². The molecular weight excluding hydrogens is 414 g/mol. The van der Waals surface area contributed by atoms with Gasteiger partial charge in [-0.05, 0) is 56.7 Å². The van der Waals surface area contributed by atoms with Crippen molar-refractivity contribution in [2.45, 2.75) is 33.9 Å². The number of rotatable bonds is 6. The number of aryl methyl sites for hydroxylation is 2. The van der Waals surface area contributed by atoms with E-state index >= 15 is 0 Å². The van der Waals surface area contributed by atoms with Gasteiger partial charge < -0.3 is 10.1 Å². The van der Waals surface area contributed by atoms with E-state index in [4.69, 9.17) is 4.98 Å². The summed E-state index contributed by atoms with van der Waals surface area (Å²) in [4.78, 5) is 18.0. The number of hydrogen-bond acceptors (Lipinski definition) is 4. The molecule has 0 saturated carbocycles. The number of fused-ring (bicyclic) bond motifs is 1. The van der Waals surface area contributed by atoms with Gasteiger partial charge in [0.15, 0.2) is 0 Å². The third kappa shape index (κ3) is 4.16. The molecule has 0 unspecified atom stereocenters. The maximum Gasteiger partial charge on any atom is 0.387 e. The lowest BCUT2D eigenvalue weighted by Crippen LogP contribution is -2.14. The maximum absolute atomic E-state index is 13.3. The average Bonchev–Trinajstić information content (AvgIpc) is 3.14. The number of halogens is 2. The molecule has 0 aliphatic carbocycles. The predicted octanol–water partition coefficient (Wildman–Crippen LogP) is 5.59. The Morgan fingerprint density at radius 2 is 1.94 bits per heavy atom. The second-order valence-corrected chi connectivity index (χ2v) is 7.34. The van der Waals surface area contributed by atoms with Gasteiger partial charge >= 0.3 is 6.61 Å². The minimum absolute atomic E-state index is 0.0376. The minimum Gasteiger partial charge on any atom is -0.435 e. The summed E-state index contributed by atoms with van der Waals surface area (Å²) >= 11 is 0. The lowest BCUT2D eigenvalue weighted by atomic mass is 10.0. The van der Waals surface area contributed by atoms with Crippen LogP contribution in [0.5, 0.6) is 5.75 Å². The molecule has 0 saturated heterocycles. The molecule has 8 heteroatoms. The number of amides is 1. The third-order valence-corrected chi connectivity index (χ3v) is 5.31. The van der Waals surface area contributed by atoms with Gasteiger partial charge in [-0.2, -0.15) is 13.9 Å². The van der Waals surface area contributed by atoms with E-state index < -0.39 is 6.61 Å². The number of nitrogens with zero attached hydrogens (tertiary/aromatic N) is 3. The summed E-state index contributed by atoms with van der Waals surface area (Å²) in [5, 5.41) is 7.97. The summed E-state index contributed by atoms with van der Waals surface area (Å²) < 4.78 is 31.2. The average molecular weight is 436 g/mol.